The van der Waals surface area contributed by atoms with Gasteiger partial charge in [0, 0.05) is 30.9 Å². The zero-order valence-corrected chi connectivity index (χ0v) is 17.6. The number of hydrogen-bond acceptors (Lipinski definition) is 5. The first-order chi connectivity index (χ1) is 15.5. The summed E-state index contributed by atoms with van der Waals surface area (Å²) in [6.45, 7) is 2.23. The molecule has 0 aliphatic carbocycles. The number of ether oxygens (including phenoxy) is 1. The first-order valence-electron chi connectivity index (χ1n) is 10.5. The Bertz CT molecular complexity index is 1220. The first kappa shape index (κ1) is 20.0. The van der Waals surface area contributed by atoms with Crippen LogP contribution in [0.15, 0.2) is 78.6 Å². The third-order valence-electron chi connectivity index (χ3n) is 5.91. The van der Waals surface area contributed by atoms with Crippen LogP contribution in [-0.4, -0.2) is 32.8 Å². The Morgan fingerprint density at radius 3 is 2.69 bits per heavy atom. The fraction of sp³-hybridized carbons (Fsp3) is 0.192. The van der Waals surface area contributed by atoms with E-state index in [0.717, 1.165) is 23.3 Å². The maximum absolute atomic E-state index is 13.1. The molecule has 3 heterocycles. The SMILES string of the molecule is C[C@H]1Cc2cc(/C(O)=C3\C(=O)C(=O)N(Cc4ccccc4)[C@H]3c3cccnc3)ccc2O1. The molecule has 2 aliphatic rings. The number of pyridine rings is 1. The monoisotopic (exact) mass is 426 g/mol. The van der Waals surface area contributed by atoms with E-state index in [9.17, 15) is 14.7 Å². The molecule has 1 saturated heterocycles. The molecule has 0 unspecified atom stereocenters. The molecule has 1 fully saturated rings. The van der Waals surface area contributed by atoms with E-state index in [-0.39, 0.29) is 24.0 Å². The molecule has 32 heavy (non-hydrogen) atoms. The molecule has 5 rings (SSSR count). The van der Waals surface area contributed by atoms with Crippen molar-refractivity contribution in [3.63, 3.8) is 0 Å². The minimum absolute atomic E-state index is 0.0641. The van der Waals surface area contributed by atoms with E-state index in [1.807, 2.05) is 49.4 Å². The number of hydrogen-bond donors (Lipinski definition) is 1. The average Bonchev–Trinajstić information content (AvgIpc) is 3.31. The van der Waals surface area contributed by atoms with Crippen LogP contribution in [0.2, 0.25) is 0 Å². The molecule has 0 radical (unpaired) electrons. The van der Waals surface area contributed by atoms with Gasteiger partial charge in [0.2, 0.25) is 0 Å². The fourth-order valence-corrected chi connectivity index (χ4v) is 4.43. The summed E-state index contributed by atoms with van der Waals surface area (Å²) < 4.78 is 5.74. The van der Waals surface area contributed by atoms with Gasteiger partial charge in [-0.1, -0.05) is 36.4 Å². The highest BCUT2D eigenvalue weighted by atomic mass is 16.5. The number of fused-ring (bicyclic) bond motifs is 1. The Kier molecular flexibility index (Phi) is 4.98. The van der Waals surface area contributed by atoms with Gasteiger partial charge in [-0.05, 0) is 47.9 Å². The number of benzene rings is 2. The maximum atomic E-state index is 13.1. The number of nitrogens with zero attached hydrogens (tertiary/aromatic N) is 2. The van der Waals surface area contributed by atoms with Gasteiger partial charge >= 0.3 is 0 Å². The van der Waals surface area contributed by atoms with E-state index in [2.05, 4.69) is 4.98 Å². The molecule has 1 aromatic heterocycles. The van der Waals surface area contributed by atoms with Crippen molar-refractivity contribution in [2.75, 3.05) is 0 Å². The van der Waals surface area contributed by atoms with Gasteiger partial charge in [-0.25, -0.2) is 0 Å². The Labute approximate surface area is 185 Å². The second-order valence-corrected chi connectivity index (χ2v) is 8.15. The number of carbonyl (C=O) groups excluding carboxylic acids is 2. The third kappa shape index (κ3) is 3.43. The zero-order chi connectivity index (χ0) is 22.2. The smallest absolute Gasteiger partial charge is 0.295 e. The summed E-state index contributed by atoms with van der Waals surface area (Å²) in [5, 5.41) is 11.2. The minimum atomic E-state index is -0.729. The zero-order valence-electron chi connectivity index (χ0n) is 17.6. The molecule has 6 heteroatoms. The molecular weight excluding hydrogens is 404 g/mol. The molecule has 2 aromatic carbocycles. The topological polar surface area (TPSA) is 79.7 Å². The van der Waals surface area contributed by atoms with Crippen molar-refractivity contribution in [1.82, 2.24) is 9.88 Å². The van der Waals surface area contributed by atoms with E-state index in [1.165, 1.54) is 4.90 Å². The fourth-order valence-electron chi connectivity index (χ4n) is 4.43. The van der Waals surface area contributed by atoms with Gasteiger partial charge in [-0.15, -0.1) is 0 Å². The molecule has 2 aliphatic heterocycles. The lowest BCUT2D eigenvalue weighted by Crippen LogP contribution is -2.29. The van der Waals surface area contributed by atoms with Crippen LogP contribution in [0, 0.1) is 0 Å². The van der Waals surface area contributed by atoms with Gasteiger partial charge in [0.25, 0.3) is 11.7 Å². The summed E-state index contributed by atoms with van der Waals surface area (Å²) in [6.07, 6.45) is 4.05. The van der Waals surface area contributed by atoms with Crippen molar-refractivity contribution in [3.8, 4) is 5.75 Å². The molecule has 0 spiro atoms. The van der Waals surface area contributed by atoms with Crippen LogP contribution in [-0.2, 0) is 22.6 Å². The predicted molar refractivity (Wildman–Crippen MR) is 119 cm³/mol. The Hall–Kier alpha value is -3.93. The van der Waals surface area contributed by atoms with Crippen LogP contribution in [0.1, 0.15) is 35.2 Å². The van der Waals surface area contributed by atoms with Crippen molar-refractivity contribution in [3.05, 3.63) is 101 Å². The molecule has 1 amide bonds. The molecule has 3 aromatic rings. The molecule has 0 bridgehead atoms. The number of carbonyl (C=O) groups is 2. The van der Waals surface area contributed by atoms with E-state index >= 15 is 0 Å². The number of aromatic nitrogens is 1. The van der Waals surface area contributed by atoms with Crippen LogP contribution in [0.5, 0.6) is 5.75 Å². The lowest BCUT2D eigenvalue weighted by molar-refractivity contribution is -0.140. The van der Waals surface area contributed by atoms with Gasteiger partial charge in [-0.3, -0.25) is 14.6 Å². The van der Waals surface area contributed by atoms with Gasteiger partial charge in [0.05, 0.1) is 11.6 Å². The van der Waals surface area contributed by atoms with Gasteiger partial charge < -0.3 is 14.7 Å². The van der Waals surface area contributed by atoms with Crippen molar-refractivity contribution in [1.29, 1.82) is 0 Å². The van der Waals surface area contributed by atoms with Crippen molar-refractivity contribution in [2.24, 2.45) is 0 Å². The first-order valence-corrected chi connectivity index (χ1v) is 10.5. The summed E-state index contributed by atoms with van der Waals surface area (Å²) in [7, 11) is 0. The highest BCUT2D eigenvalue weighted by Crippen LogP contribution is 2.41. The second kappa shape index (κ2) is 7.96. The van der Waals surface area contributed by atoms with Crippen molar-refractivity contribution in [2.45, 2.75) is 32.0 Å². The number of rotatable bonds is 4. The second-order valence-electron chi connectivity index (χ2n) is 8.15. The van der Waals surface area contributed by atoms with Crippen molar-refractivity contribution < 1.29 is 19.4 Å². The summed E-state index contributed by atoms with van der Waals surface area (Å²) >= 11 is 0. The molecule has 2 atom stereocenters. The van der Waals surface area contributed by atoms with E-state index in [1.54, 1.807) is 30.6 Å². The number of amides is 1. The number of ketones is 1. The standard InChI is InChI=1S/C26H22N2O4/c1-16-12-20-13-18(9-10-21(20)32-16)24(29)22-23(19-8-5-11-27-14-19)28(26(31)25(22)30)15-17-6-3-2-4-7-17/h2-11,13-14,16,23,29H,12,15H2,1H3/b24-22+/t16-,23-/m0/s1. The number of aliphatic hydroxyl groups excluding tert-OH is 1. The molecular formula is C26H22N2O4. The Morgan fingerprint density at radius 2 is 1.94 bits per heavy atom. The highest BCUT2D eigenvalue weighted by Gasteiger charge is 2.46. The van der Waals surface area contributed by atoms with Crippen molar-refractivity contribution >= 4 is 17.4 Å². The lowest BCUT2D eigenvalue weighted by Gasteiger charge is -2.25. The molecule has 6 nitrogen and oxygen atoms in total. The number of Topliss-reactive ketones (excluding diaryl/α,β-unsaturated/α-hetero) is 1. The van der Waals surface area contributed by atoms with E-state index < -0.39 is 17.7 Å². The van der Waals surface area contributed by atoms with Crippen LogP contribution in [0.4, 0.5) is 0 Å². The van der Waals surface area contributed by atoms with Gasteiger partial charge in [0.1, 0.15) is 17.6 Å². The normalized spacial score (nSPS) is 21.5. The van der Waals surface area contributed by atoms with Crippen LogP contribution >= 0.6 is 0 Å². The minimum Gasteiger partial charge on any atom is -0.507 e. The lowest BCUT2D eigenvalue weighted by atomic mass is 9.95. The average molecular weight is 426 g/mol. The van der Waals surface area contributed by atoms with E-state index in [0.29, 0.717) is 11.1 Å². The largest absolute Gasteiger partial charge is 0.507 e. The van der Waals surface area contributed by atoms with Crippen LogP contribution < -0.4 is 4.74 Å². The summed E-state index contributed by atoms with van der Waals surface area (Å²) in [4.78, 5) is 31.9. The number of likely N-dealkylation sites (tertiary alicyclic amines) is 1. The van der Waals surface area contributed by atoms with Gasteiger partial charge in [-0.2, -0.15) is 0 Å². The summed E-state index contributed by atoms with van der Waals surface area (Å²) in [6, 6.07) is 17.7. The van der Waals surface area contributed by atoms with Crippen LogP contribution in [0.3, 0.4) is 0 Å². The summed E-state index contributed by atoms with van der Waals surface area (Å²) in [5.41, 5.74) is 3.10. The predicted octanol–water partition coefficient (Wildman–Crippen LogP) is 4.03. The van der Waals surface area contributed by atoms with Gasteiger partial charge in [0.15, 0.2) is 0 Å². The maximum Gasteiger partial charge on any atom is 0.295 e. The number of aliphatic hydroxyl groups is 1. The third-order valence-corrected chi connectivity index (χ3v) is 5.91. The molecule has 160 valence electrons. The summed E-state index contributed by atoms with van der Waals surface area (Å²) in [5.74, 6) is -0.739. The molecule has 0 saturated carbocycles. The quantitative estimate of drug-likeness (QED) is 0.387. The molecule has 1 N–H and O–H groups in total. The Morgan fingerprint density at radius 1 is 1.12 bits per heavy atom. The highest BCUT2D eigenvalue weighted by molar-refractivity contribution is 6.46. The van der Waals surface area contributed by atoms with Crippen LogP contribution in [0.25, 0.3) is 5.76 Å². The van der Waals surface area contributed by atoms with E-state index in [4.69, 9.17) is 4.74 Å². The Balaban J connectivity index is 1.62.